The molecule has 0 aliphatic rings. The fourth-order valence-corrected chi connectivity index (χ4v) is 3.64. The highest BCUT2D eigenvalue weighted by atomic mass is 32.2. The van der Waals surface area contributed by atoms with E-state index in [0.29, 0.717) is 5.95 Å². The van der Waals surface area contributed by atoms with E-state index < -0.39 is 0 Å². The first-order chi connectivity index (χ1) is 9.15. The summed E-state index contributed by atoms with van der Waals surface area (Å²) in [6.07, 6.45) is 3.83. The highest BCUT2D eigenvalue weighted by molar-refractivity contribution is 7.99. The van der Waals surface area contributed by atoms with Crippen LogP contribution in [0.15, 0.2) is 28.4 Å². The number of aromatic nitrogens is 4. The second kappa shape index (κ2) is 4.82. The number of fused-ring (bicyclic) bond motifs is 1. The Morgan fingerprint density at radius 2 is 2.21 bits per heavy atom. The molecule has 5 nitrogen and oxygen atoms in total. The molecule has 0 bridgehead atoms. The summed E-state index contributed by atoms with van der Waals surface area (Å²) in [5, 5.41) is 9.26. The van der Waals surface area contributed by atoms with Crippen molar-refractivity contribution in [2.75, 3.05) is 12.4 Å². The molecule has 0 saturated carbocycles. The van der Waals surface area contributed by atoms with Crippen molar-refractivity contribution in [3.05, 3.63) is 23.3 Å². The van der Waals surface area contributed by atoms with Gasteiger partial charge in [0.1, 0.15) is 9.86 Å². The molecule has 0 atom stereocenters. The molecule has 0 aromatic carbocycles. The maximum Gasteiger partial charge on any atom is 0.224 e. The summed E-state index contributed by atoms with van der Waals surface area (Å²) >= 11 is 3.30. The summed E-state index contributed by atoms with van der Waals surface area (Å²) in [5.41, 5.74) is 0. The van der Waals surface area contributed by atoms with E-state index in [1.54, 1.807) is 27.8 Å². The predicted octanol–water partition coefficient (Wildman–Crippen LogP) is 2.93. The van der Waals surface area contributed by atoms with Crippen molar-refractivity contribution < 1.29 is 0 Å². The van der Waals surface area contributed by atoms with E-state index in [1.807, 2.05) is 26.5 Å². The molecule has 98 valence electrons. The fraction of sp³-hybridized carbons (Fsp3) is 0.250. The summed E-state index contributed by atoms with van der Waals surface area (Å²) in [7, 11) is 3.74. The van der Waals surface area contributed by atoms with Crippen LogP contribution in [0.25, 0.3) is 10.2 Å². The third-order valence-electron chi connectivity index (χ3n) is 2.60. The van der Waals surface area contributed by atoms with Crippen molar-refractivity contribution in [2.45, 2.75) is 16.8 Å². The van der Waals surface area contributed by atoms with Crippen molar-refractivity contribution in [1.29, 1.82) is 0 Å². The Balaban J connectivity index is 2.09. The van der Waals surface area contributed by atoms with Gasteiger partial charge in [0, 0.05) is 30.6 Å². The van der Waals surface area contributed by atoms with E-state index in [2.05, 4.69) is 33.4 Å². The number of rotatable bonds is 3. The van der Waals surface area contributed by atoms with Crippen molar-refractivity contribution >= 4 is 39.3 Å². The number of thiophene rings is 1. The average Bonchev–Trinajstić information content (AvgIpc) is 2.94. The molecule has 0 fully saturated rings. The van der Waals surface area contributed by atoms with E-state index in [1.165, 1.54) is 4.88 Å². The molecule has 3 aromatic heterocycles. The molecule has 0 amide bonds. The van der Waals surface area contributed by atoms with Crippen LogP contribution in [-0.2, 0) is 7.05 Å². The Hall–Kier alpha value is -1.60. The Labute approximate surface area is 119 Å². The number of nitrogens with zero attached hydrogens (tertiary/aromatic N) is 4. The van der Waals surface area contributed by atoms with Crippen molar-refractivity contribution in [1.82, 2.24) is 19.7 Å². The SMILES string of the molecule is CNc1nc(Sc2cnn(C)c2)c2cc(C)sc2n1. The summed E-state index contributed by atoms with van der Waals surface area (Å²) in [6.45, 7) is 2.09. The quantitative estimate of drug-likeness (QED) is 0.752. The van der Waals surface area contributed by atoms with Gasteiger partial charge in [0.15, 0.2) is 0 Å². The minimum absolute atomic E-state index is 0.653. The lowest BCUT2D eigenvalue weighted by Crippen LogP contribution is -1.96. The highest BCUT2D eigenvalue weighted by Gasteiger charge is 2.12. The maximum atomic E-state index is 4.55. The van der Waals surface area contributed by atoms with Crippen LogP contribution in [0.1, 0.15) is 4.88 Å². The lowest BCUT2D eigenvalue weighted by molar-refractivity contribution is 0.766. The zero-order valence-electron chi connectivity index (χ0n) is 10.8. The number of aryl methyl sites for hydroxylation is 2. The van der Waals surface area contributed by atoms with E-state index in [-0.39, 0.29) is 0 Å². The third kappa shape index (κ3) is 2.43. The number of hydrogen-bond donors (Lipinski definition) is 1. The molecule has 0 unspecified atom stereocenters. The minimum atomic E-state index is 0.653. The minimum Gasteiger partial charge on any atom is -0.357 e. The van der Waals surface area contributed by atoms with Crippen LogP contribution in [0.5, 0.6) is 0 Å². The molecule has 3 aromatic rings. The largest absolute Gasteiger partial charge is 0.357 e. The van der Waals surface area contributed by atoms with Crippen LogP contribution in [0.3, 0.4) is 0 Å². The average molecular weight is 291 g/mol. The molecule has 3 heterocycles. The molecule has 19 heavy (non-hydrogen) atoms. The number of anilines is 1. The normalized spacial score (nSPS) is 11.1. The van der Waals surface area contributed by atoms with Gasteiger partial charge in [-0.1, -0.05) is 11.8 Å². The monoisotopic (exact) mass is 291 g/mol. The first-order valence-corrected chi connectivity index (χ1v) is 7.41. The number of hydrogen-bond acceptors (Lipinski definition) is 6. The first-order valence-electron chi connectivity index (χ1n) is 5.78. The second-order valence-corrected chi connectivity index (χ2v) is 6.43. The van der Waals surface area contributed by atoms with Crippen molar-refractivity contribution in [2.24, 2.45) is 7.05 Å². The van der Waals surface area contributed by atoms with Gasteiger partial charge in [0.05, 0.1) is 11.1 Å². The van der Waals surface area contributed by atoms with Crippen LogP contribution >= 0.6 is 23.1 Å². The van der Waals surface area contributed by atoms with Crippen molar-refractivity contribution in [3.8, 4) is 0 Å². The van der Waals surface area contributed by atoms with E-state index in [4.69, 9.17) is 0 Å². The summed E-state index contributed by atoms with van der Waals surface area (Å²) < 4.78 is 1.79. The lowest BCUT2D eigenvalue weighted by atomic mass is 10.4. The van der Waals surface area contributed by atoms with Gasteiger partial charge in [0.2, 0.25) is 5.95 Å². The zero-order valence-corrected chi connectivity index (χ0v) is 12.5. The molecule has 0 spiro atoms. The van der Waals surface area contributed by atoms with Gasteiger partial charge in [-0.15, -0.1) is 11.3 Å². The van der Waals surface area contributed by atoms with Crippen LogP contribution < -0.4 is 5.32 Å². The van der Waals surface area contributed by atoms with Gasteiger partial charge in [-0.2, -0.15) is 5.10 Å². The molecule has 0 saturated heterocycles. The topological polar surface area (TPSA) is 55.6 Å². The van der Waals surface area contributed by atoms with Gasteiger partial charge in [-0.05, 0) is 13.0 Å². The van der Waals surface area contributed by atoms with E-state index in [0.717, 1.165) is 20.1 Å². The summed E-state index contributed by atoms with van der Waals surface area (Å²) in [5.74, 6) is 0.653. The predicted molar refractivity (Wildman–Crippen MR) is 79.0 cm³/mol. The Morgan fingerprint density at radius 3 is 2.89 bits per heavy atom. The summed E-state index contributed by atoms with van der Waals surface area (Å²) in [6, 6.07) is 2.14. The van der Waals surface area contributed by atoms with Crippen LogP contribution in [0.4, 0.5) is 5.95 Å². The summed E-state index contributed by atoms with van der Waals surface area (Å²) in [4.78, 5) is 12.4. The lowest BCUT2D eigenvalue weighted by Gasteiger charge is -2.03. The Morgan fingerprint density at radius 1 is 1.37 bits per heavy atom. The van der Waals surface area contributed by atoms with Gasteiger partial charge in [0.25, 0.3) is 0 Å². The van der Waals surface area contributed by atoms with Gasteiger partial charge < -0.3 is 5.32 Å². The van der Waals surface area contributed by atoms with Crippen LogP contribution in [-0.4, -0.2) is 26.8 Å². The fourth-order valence-electron chi connectivity index (χ4n) is 1.77. The maximum absolute atomic E-state index is 4.55. The third-order valence-corrected chi connectivity index (χ3v) is 4.50. The molecule has 0 aliphatic heterocycles. The smallest absolute Gasteiger partial charge is 0.224 e. The molecule has 0 aliphatic carbocycles. The molecule has 1 N–H and O–H groups in total. The van der Waals surface area contributed by atoms with Gasteiger partial charge >= 0.3 is 0 Å². The second-order valence-electron chi connectivity index (χ2n) is 4.13. The number of nitrogens with one attached hydrogen (secondary N) is 1. The zero-order chi connectivity index (χ0) is 13.4. The first kappa shape index (κ1) is 12.4. The standard InChI is InChI=1S/C12H13N5S2/c1-7-4-9-10(18-7)15-12(13-2)16-11(9)19-8-5-14-17(3)6-8/h4-6H,1-3H3,(H,13,15,16). The van der Waals surface area contributed by atoms with Gasteiger partial charge in [-0.25, -0.2) is 9.97 Å². The molecule has 3 rings (SSSR count). The van der Waals surface area contributed by atoms with Crippen molar-refractivity contribution in [3.63, 3.8) is 0 Å². The highest BCUT2D eigenvalue weighted by Crippen LogP contribution is 2.35. The Kier molecular flexibility index (Phi) is 3.16. The van der Waals surface area contributed by atoms with E-state index in [9.17, 15) is 0 Å². The van der Waals surface area contributed by atoms with Gasteiger partial charge in [-0.3, -0.25) is 4.68 Å². The molecular weight excluding hydrogens is 278 g/mol. The van der Waals surface area contributed by atoms with E-state index >= 15 is 0 Å². The molecular formula is C12H13N5S2. The van der Waals surface area contributed by atoms with Crippen LogP contribution in [0, 0.1) is 6.92 Å². The Bertz CT molecular complexity index is 731. The molecule has 7 heteroatoms. The molecule has 0 radical (unpaired) electrons. The van der Waals surface area contributed by atoms with Crippen LogP contribution in [0.2, 0.25) is 0 Å².